The smallest absolute Gasteiger partial charge is 0.413 e. The molecule has 1 aliphatic heterocycles. The molecule has 1 aromatic carbocycles. The lowest BCUT2D eigenvalue weighted by atomic mass is 10.1. The predicted octanol–water partition coefficient (Wildman–Crippen LogP) is 1.83. The zero-order valence-corrected chi connectivity index (χ0v) is 26.0. The summed E-state index contributed by atoms with van der Waals surface area (Å²) in [5.41, 5.74) is -0.898. The SMILES string of the molecule is COc1cc(OC)c2oc(COC(=O)Nc3ccn([C@@H]4O[C@H](COP(=O)(O)N[C@@H](C)C(=O)N(C)C)[C@@H](O)C4(F)F)c(=O)n3)cc2c1. The highest BCUT2D eigenvalue weighted by Crippen LogP contribution is 2.45. The van der Waals surface area contributed by atoms with Gasteiger partial charge in [-0.05, 0) is 25.1 Å². The number of nitrogens with zero attached hydrogens (tertiary/aromatic N) is 3. The van der Waals surface area contributed by atoms with Crippen LogP contribution in [-0.2, 0) is 30.0 Å². The third kappa shape index (κ3) is 7.63. The molecule has 0 radical (unpaired) electrons. The molecule has 2 amide bonds. The topological polar surface area (TPSA) is 213 Å². The van der Waals surface area contributed by atoms with Gasteiger partial charge < -0.3 is 38.3 Å². The van der Waals surface area contributed by atoms with Crippen molar-refractivity contribution in [3.63, 3.8) is 0 Å². The Balaban J connectivity index is 1.37. The van der Waals surface area contributed by atoms with Gasteiger partial charge in [0.2, 0.25) is 12.1 Å². The van der Waals surface area contributed by atoms with Crippen LogP contribution in [0.2, 0.25) is 0 Å². The number of methoxy groups -OCH3 is 2. The van der Waals surface area contributed by atoms with Gasteiger partial charge in [-0.25, -0.2) is 19.2 Å². The van der Waals surface area contributed by atoms with E-state index in [4.69, 9.17) is 27.9 Å². The highest BCUT2D eigenvalue weighted by Gasteiger charge is 2.60. The Labute approximate surface area is 259 Å². The second kappa shape index (κ2) is 13.7. The van der Waals surface area contributed by atoms with Crippen molar-refractivity contribution in [1.29, 1.82) is 0 Å². The fourth-order valence-corrected chi connectivity index (χ4v) is 5.46. The summed E-state index contributed by atoms with van der Waals surface area (Å²) in [7, 11) is 1.06. The molecule has 46 heavy (non-hydrogen) atoms. The first-order valence-electron chi connectivity index (χ1n) is 13.4. The molecular formula is C26H32F2N5O12P. The van der Waals surface area contributed by atoms with Gasteiger partial charge >= 0.3 is 25.5 Å². The number of halogens is 2. The molecule has 1 unspecified atom stereocenters. The maximum Gasteiger partial charge on any atom is 0.413 e. The van der Waals surface area contributed by atoms with Gasteiger partial charge in [-0.2, -0.15) is 13.8 Å². The van der Waals surface area contributed by atoms with Gasteiger partial charge in [0.25, 0.3) is 0 Å². The summed E-state index contributed by atoms with van der Waals surface area (Å²) in [5, 5.41) is 15.0. The number of fused-ring (bicyclic) bond motifs is 1. The average Bonchev–Trinajstić information content (AvgIpc) is 3.51. The fourth-order valence-electron chi connectivity index (χ4n) is 4.43. The lowest BCUT2D eigenvalue weighted by Gasteiger charge is -2.22. The maximum atomic E-state index is 15.0. The van der Waals surface area contributed by atoms with Gasteiger partial charge in [-0.3, -0.25) is 19.2 Å². The molecule has 2 aromatic heterocycles. The number of hydrogen-bond donors (Lipinski definition) is 4. The fraction of sp³-hybridized carbons (Fsp3) is 0.462. The van der Waals surface area contributed by atoms with Gasteiger partial charge in [0.1, 0.15) is 23.4 Å². The number of aliphatic hydroxyl groups is 1. The number of rotatable bonds is 12. The summed E-state index contributed by atoms with van der Waals surface area (Å²) >= 11 is 0. The van der Waals surface area contributed by atoms with Crippen molar-refractivity contribution in [2.75, 3.05) is 40.2 Å². The molecule has 1 saturated heterocycles. The van der Waals surface area contributed by atoms with Crippen LogP contribution in [0.25, 0.3) is 11.0 Å². The number of amides is 2. The van der Waals surface area contributed by atoms with Gasteiger partial charge in [0.15, 0.2) is 24.0 Å². The summed E-state index contributed by atoms with van der Waals surface area (Å²) in [6, 6.07) is 4.75. The van der Waals surface area contributed by atoms with Crippen LogP contribution < -0.4 is 25.6 Å². The first-order chi connectivity index (χ1) is 21.6. The molecule has 3 aromatic rings. The number of aromatic nitrogens is 2. The zero-order valence-electron chi connectivity index (χ0n) is 25.1. The summed E-state index contributed by atoms with van der Waals surface area (Å²) < 4.78 is 73.8. The van der Waals surface area contributed by atoms with Crippen molar-refractivity contribution in [3.05, 3.63) is 46.7 Å². The Bertz CT molecular complexity index is 1700. The number of furan rings is 1. The number of nitrogens with one attached hydrogen (secondary N) is 2. The first-order valence-corrected chi connectivity index (χ1v) is 15.0. The molecule has 17 nitrogen and oxygen atoms in total. The molecule has 3 heterocycles. The van der Waals surface area contributed by atoms with Crippen LogP contribution in [0.5, 0.6) is 11.5 Å². The van der Waals surface area contributed by atoms with E-state index in [0.717, 1.165) is 17.2 Å². The van der Waals surface area contributed by atoms with E-state index in [1.165, 1.54) is 35.2 Å². The van der Waals surface area contributed by atoms with Crippen molar-refractivity contribution in [1.82, 2.24) is 19.5 Å². The molecule has 1 fully saturated rings. The van der Waals surface area contributed by atoms with E-state index >= 15 is 0 Å². The van der Waals surface area contributed by atoms with Crippen LogP contribution in [0.15, 0.2) is 39.7 Å². The molecule has 0 bridgehead atoms. The highest BCUT2D eigenvalue weighted by atomic mass is 31.2. The summed E-state index contributed by atoms with van der Waals surface area (Å²) in [5.74, 6) is -3.82. The molecule has 4 N–H and O–H groups in total. The molecule has 20 heteroatoms. The number of carbonyl (C=O) groups excluding carboxylic acids is 2. The molecule has 1 aliphatic rings. The third-order valence-electron chi connectivity index (χ3n) is 6.68. The van der Waals surface area contributed by atoms with Crippen LogP contribution in [0, 0.1) is 0 Å². The monoisotopic (exact) mass is 675 g/mol. The number of alkyl halides is 2. The largest absolute Gasteiger partial charge is 0.497 e. The van der Waals surface area contributed by atoms with Crippen LogP contribution in [-0.4, -0.2) is 95.5 Å². The second-order valence-electron chi connectivity index (χ2n) is 10.2. The minimum absolute atomic E-state index is 0.252. The van der Waals surface area contributed by atoms with E-state index in [1.807, 2.05) is 0 Å². The van der Waals surface area contributed by atoms with E-state index in [-0.39, 0.29) is 18.2 Å². The van der Waals surface area contributed by atoms with Crippen LogP contribution in [0.3, 0.4) is 0 Å². The Morgan fingerprint density at radius 2 is 1.96 bits per heavy atom. The lowest BCUT2D eigenvalue weighted by Crippen LogP contribution is -2.42. The zero-order chi connectivity index (χ0) is 34.0. The molecule has 5 atom stereocenters. The molecule has 0 saturated carbocycles. The number of anilines is 1. The van der Waals surface area contributed by atoms with Gasteiger partial charge in [-0.15, -0.1) is 0 Å². The van der Waals surface area contributed by atoms with E-state index in [2.05, 4.69) is 15.4 Å². The standard InChI is InChI=1S/C26H32F2N5O12P/c1-13(22(35)32(2)3)31-46(38,39)43-12-18-21(34)26(27,28)23(45-18)33-7-6-19(29-24(33)36)30-25(37)42-11-16-9-14-8-15(40-4)10-17(41-5)20(14)44-16/h6-10,13,18,21,23,34H,11-12H2,1-5H3,(H2,31,38,39)(H,29,30,36,37)/t13-,18+,21+,23+/m0/s1. The number of carbonyl (C=O) groups is 2. The average molecular weight is 676 g/mol. The summed E-state index contributed by atoms with van der Waals surface area (Å²) in [6.45, 7) is -0.0443. The number of ether oxygens (including phenoxy) is 4. The quantitative estimate of drug-likeness (QED) is 0.202. The normalized spacial score (nSPS) is 20.9. The number of hydrogen-bond acceptors (Lipinski definition) is 12. The minimum Gasteiger partial charge on any atom is -0.497 e. The van der Waals surface area contributed by atoms with Crippen molar-refractivity contribution in [2.45, 2.75) is 43.9 Å². The Morgan fingerprint density at radius 1 is 1.24 bits per heavy atom. The van der Waals surface area contributed by atoms with Crippen molar-refractivity contribution in [3.8, 4) is 11.5 Å². The summed E-state index contributed by atoms with van der Waals surface area (Å²) in [4.78, 5) is 51.6. The van der Waals surface area contributed by atoms with Crippen LogP contribution in [0.4, 0.5) is 19.4 Å². The van der Waals surface area contributed by atoms with Crippen molar-refractivity contribution >= 4 is 36.5 Å². The minimum atomic E-state index is -4.71. The van der Waals surface area contributed by atoms with Crippen LogP contribution >= 0.6 is 7.75 Å². The Kier molecular flexibility index (Phi) is 10.3. The Morgan fingerprint density at radius 3 is 2.59 bits per heavy atom. The van der Waals surface area contributed by atoms with Crippen LogP contribution in [0.1, 0.15) is 18.9 Å². The maximum absolute atomic E-state index is 15.0. The Hall–Kier alpha value is -4.13. The highest BCUT2D eigenvalue weighted by molar-refractivity contribution is 7.50. The van der Waals surface area contributed by atoms with E-state index < -0.39 is 62.4 Å². The van der Waals surface area contributed by atoms with Gasteiger partial charge in [-0.1, -0.05) is 0 Å². The predicted molar refractivity (Wildman–Crippen MR) is 154 cm³/mol. The molecule has 4 rings (SSSR count). The third-order valence-corrected chi connectivity index (χ3v) is 7.89. The molecule has 252 valence electrons. The van der Waals surface area contributed by atoms with Gasteiger partial charge in [0, 0.05) is 31.7 Å². The lowest BCUT2D eigenvalue weighted by molar-refractivity contribution is -0.140. The van der Waals surface area contributed by atoms with E-state index in [0.29, 0.717) is 27.0 Å². The van der Waals surface area contributed by atoms with Crippen molar-refractivity contribution in [2.24, 2.45) is 0 Å². The summed E-state index contributed by atoms with van der Waals surface area (Å²) in [6.07, 6.45) is -7.02. The van der Waals surface area contributed by atoms with E-state index in [1.54, 1.807) is 18.2 Å². The number of benzene rings is 1. The van der Waals surface area contributed by atoms with Gasteiger partial charge in [0.05, 0.1) is 26.9 Å². The van der Waals surface area contributed by atoms with Crippen molar-refractivity contribution < 1.29 is 60.8 Å². The molecular weight excluding hydrogens is 643 g/mol. The first kappa shape index (κ1) is 34.7. The molecule has 0 spiro atoms. The number of aliphatic hydroxyl groups excluding tert-OH is 1. The number of likely N-dealkylation sites (N-methyl/N-ethyl adjacent to an activating group) is 1. The molecule has 0 aliphatic carbocycles. The second-order valence-corrected chi connectivity index (χ2v) is 11.8. The van der Waals surface area contributed by atoms with E-state index in [9.17, 15) is 37.7 Å².